The third-order valence-electron chi connectivity index (χ3n) is 7.41. The van der Waals surface area contributed by atoms with Gasteiger partial charge in [-0.1, -0.05) is 72.8 Å². The summed E-state index contributed by atoms with van der Waals surface area (Å²) in [6, 6.07) is 43.7. The van der Waals surface area contributed by atoms with E-state index in [0.717, 1.165) is 18.0 Å². The van der Waals surface area contributed by atoms with Gasteiger partial charge in [0.05, 0.1) is 12.0 Å². The molecule has 4 heterocycles. The molecule has 0 radical (unpaired) electrons. The summed E-state index contributed by atoms with van der Waals surface area (Å²) in [5.41, 5.74) is 6.13. The summed E-state index contributed by atoms with van der Waals surface area (Å²) in [6.07, 6.45) is 1.76. The molecule has 39 heavy (non-hydrogen) atoms. The fourth-order valence-corrected chi connectivity index (χ4v) is 7.82. The maximum atomic E-state index is 5.96. The molecular formula is C35H23NOS2. The number of nitrogens with zero attached hydrogens (tertiary/aromatic N) is 1. The summed E-state index contributed by atoms with van der Waals surface area (Å²) in [5, 5.41) is 3.82. The summed E-state index contributed by atoms with van der Waals surface area (Å²) in [4.78, 5) is 2.58. The fourth-order valence-electron chi connectivity index (χ4n) is 5.59. The van der Waals surface area contributed by atoms with Gasteiger partial charge in [0.1, 0.15) is 5.76 Å². The monoisotopic (exact) mass is 537 g/mol. The Hall–Kier alpha value is -4.38. The van der Waals surface area contributed by atoms with Crippen LogP contribution in [0.5, 0.6) is 0 Å². The molecular weight excluding hydrogens is 515 g/mol. The van der Waals surface area contributed by atoms with Gasteiger partial charge in [0.2, 0.25) is 0 Å². The zero-order valence-corrected chi connectivity index (χ0v) is 22.6. The van der Waals surface area contributed by atoms with Crippen molar-refractivity contribution in [3.63, 3.8) is 0 Å². The van der Waals surface area contributed by atoms with E-state index in [9.17, 15) is 0 Å². The van der Waals surface area contributed by atoms with Gasteiger partial charge in [-0.3, -0.25) is 0 Å². The summed E-state index contributed by atoms with van der Waals surface area (Å²) < 4.78 is 11.0. The van der Waals surface area contributed by atoms with Gasteiger partial charge in [0.25, 0.3) is 0 Å². The lowest BCUT2D eigenvalue weighted by molar-refractivity contribution is 0.575. The van der Waals surface area contributed by atoms with E-state index < -0.39 is 0 Å². The molecule has 0 aliphatic heterocycles. The molecule has 0 aliphatic carbocycles. The molecule has 2 nitrogen and oxygen atoms in total. The predicted octanol–water partition coefficient (Wildman–Crippen LogP) is 10.7. The van der Waals surface area contributed by atoms with Crippen molar-refractivity contribution in [2.24, 2.45) is 0 Å². The molecule has 0 amide bonds. The quantitative estimate of drug-likeness (QED) is 0.213. The minimum absolute atomic E-state index is 0.772. The van der Waals surface area contributed by atoms with Crippen LogP contribution in [0.1, 0.15) is 5.56 Å². The van der Waals surface area contributed by atoms with E-state index in [4.69, 9.17) is 4.42 Å². The predicted molar refractivity (Wildman–Crippen MR) is 167 cm³/mol. The molecule has 0 saturated carbocycles. The van der Waals surface area contributed by atoms with Crippen LogP contribution < -0.4 is 0 Å². The molecule has 8 rings (SSSR count). The SMILES string of the molecule is c1ccc(Cn2c(-c3ccco3)cc3c(-c4cc5ccccc5s4)c(-c4cc5ccccc5s4)ccc32)cc1. The van der Waals surface area contributed by atoms with Crippen molar-refractivity contribution in [2.45, 2.75) is 6.54 Å². The van der Waals surface area contributed by atoms with Gasteiger partial charge < -0.3 is 8.98 Å². The summed E-state index contributed by atoms with van der Waals surface area (Å²) in [6.45, 7) is 0.772. The van der Waals surface area contributed by atoms with Crippen molar-refractivity contribution < 1.29 is 4.42 Å². The van der Waals surface area contributed by atoms with Crippen LogP contribution in [0.4, 0.5) is 0 Å². The van der Waals surface area contributed by atoms with E-state index in [1.807, 2.05) is 28.7 Å². The second-order valence-corrected chi connectivity index (χ2v) is 12.0. The van der Waals surface area contributed by atoms with Crippen LogP contribution in [-0.4, -0.2) is 4.57 Å². The van der Waals surface area contributed by atoms with Crippen molar-refractivity contribution in [3.05, 3.63) is 133 Å². The van der Waals surface area contributed by atoms with E-state index in [1.54, 1.807) is 6.26 Å². The molecule has 4 aromatic heterocycles. The average Bonchev–Trinajstić information content (AvgIpc) is 3.78. The first kappa shape index (κ1) is 22.6. The molecule has 0 unspecified atom stereocenters. The van der Waals surface area contributed by atoms with Crippen LogP contribution in [0.25, 0.3) is 63.4 Å². The van der Waals surface area contributed by atoms with Crippen LogP contribution in [0.3, 0.4) is 0 Å². The van der Waals surface area contributed by atoms with Gasteiger partial charge in [-0.25, -0.2) is 0 Å². The Labute approximate surface area is 234 Å². The number of thiophene rings is 2. The van der Waals surface area contributed by atoms with Crippen molar-refractivity contribution in [1.82, 2.24) is 4.57 Å². The molecule has 0 bridgehead atoms. The van der Waals surface area contributed by atoms with Crippen molar-refractivity contribution >= 4 is 53.7 Å². The Morgan fingerprint density at radius 2 is 1.31 bits per heavy atom. The molecule has 0 spiro atoms. The van der Waals surface area contributed by atoms with Gasteiger partial charge in [0, 0.05) is 47.7 Å². The first-order valence-corrected chi connectivity index (χ1v) is 14.7. The van der Waals surface area contributed by atoms with Crippen molar-refractivity contribution in [3.8, 4) is 32.3 Å². The highest BCUT2D eigenvalue weighted by molar-refractivity contribution is 7.23. The first-order valence-electron chi connectivity index (χ1n) is 13.0. The Bertz CT molecular complexity index is 2030. The smallest absolute Gasteiger partial charge is 0.150 e. The third-order valence-corrected chi connectivity index (χ3v) is 9.69. The van der Waals surface area contributed by atoms with E-state index >= 15 is 0 Å². The standard InChI is InChI=1S/C35H23NOS2/c1-2-9-23(10-3-1)22-36-28-17-16-26(33-19-24-11-4-6-14-31(24)38-33)35(27(28)21-29(36)30-13-8-18-37-30)34-20-25-12-5-7-15-32(25)39-34/h1-21H,22H2. The second-order valence-electron chi connectivity index (χ2n) is 9.80. The molecule has 8 aromatic rings. The largest absolute Gasteiger partial charge is 0.463 e. The van der Waals surface area contributed by atoms with Crippen LogP contribution in [-0.2, 0) is 6.54 Å². The second kappa shape index (κ2) is 9.12. The number of furan rings is 1. The van der Waals surface area contributed by atoms with Crippen molar-refractivity contribution in [2.75, 3.05) is 0 Å². The number of fused-ring (bicyclic) bond motifs is 3. The summed E-state index contributed by atoms with van der Waals surface area (Å²) >= 11 is 3.73. The summed E-state index contributed by atoms with van der Waals surface area (Å²) in [5.74, 6) is 0.882. The summed E-state index contributed by atoms with van der Waals surface area (Å²) in [7, 11) is 0. The van der Waals surface area contributed by atoms with Gasteiger partial charge in [-0.15, -0.1) is 22.7 Å². The van der Waals surface area contributed by atoms with Crippen LogP contribution in [0.2, 0.25) is 0 Å². The van der Waals surface area contributed by atoms with Gasteiger partial charge in [0.15, 0.2) is 0 Å². The Morgan fingerprint density at radius 1 is 0.615 bits per heavy atom. The Kier molecular flexibility index (Phi) is 5.28. The molecule has 4 aromatic carbocycles. The van der Waals surface area contributed by atoms with Crippen LogP contribution >= 0.6 is 22.7 Å². The highest BCUT2D eigenvalue weighted by Crippen LogP contribution is 2.47. The molecule has 186 valence electrons. The molecule has 0 atom stereocenters. The van der Waals surface area contributed by atoms with Gasteiger partial charge >= 0.3 is 0 Å². The Morgan fingerprint density at radius 3 is 2.03 bits per heavy atom. The lowest BCUT2D eigenvalue weighted by Crippen LogP contribution is -2.01. The molecule has 0 aliphatic rings. The number of benzene rings is 4. The van der Waals surface area contributed by atoms with Crippen molar-refractivity contribution in [1.29, 1.82) is 0 Å². The number of hydrogen-bond donors (Lipinski definition) is 0. The minimum atomic E-state index is 0.772. The van der Waals surface area contributed by atoms with E-state index in [0.29, 0.717) is 0 Å². The maximum Gasteiger partial charge on any atom is 0.150 e. The maximum absolute atomic E-state index is 5.96. The van der Waals surface area contributed by atoms with Crippen LogP contribution in [0, 0.1) is 0 Å². The molecule has 0 fully saturated rings. The van der Waals surface area contributed by atoms with Crippen LogP contribution in [0.15, 0.2) is 132 Å². The molecule has 0 N–H and O–H groups in total. The van der Waals surface area contributed by atoms with E-state index in [1.165, 1.54) is 57.5 Å². The van der Waals surface area contributed by atoms with Gasteiger partial charge in [-0.05, 0) is 64.9 Å². The first-order chi connectivity index (χ1) is 19.3. The van der Waals surface area contributed by atoms with Gasteiger partial charge in [-0.2, -0.15) is 0 Å². The fraction of sp³-hybridized carbons (Fsp3) is 0.0286. The molecule has 0 saturated heterocycles. The van der Waals surface area contributed by atoms with E-state index in [2.05, 4.69) is 120 Å². The van der Waals surface area contributed by atoms with E-state index in [-0.39, 0.29) is 0 Å². The number of hydrogen-bond acceptors (Lipinski definition) is 3. The number of rotatable bonds is 5. The average molecular weight is 538 g/mol. The zero-order valence-electron chi connectivity index (χ0n) is 21.0. The zero-order chi connectivity index (χ0) is 25.8. The minimum Gasteiger partial charge on any atom is -0.463 e. The topological polar surface area (TPSA) is 18.1 Å². The third kappa shape index (κ3) is 3.84. The number of aromatic nitrogens is 1. The molecule has 4 heteroatoms. The highest BCUT2D eigenvalue weighted by Gasteiger charge is 2.21. The lowest BCUT2D eigenvalue weighted by Gasteiger charge is -2.12. The lowest BCUT2D eigenvalue weighted by atomic mass is 9.99. The highest BCUT2D eigenvalue weighted by atomic mass is 32.1. The normalized spacial score (nSPS) is 11.7. The Balaban J connectivity index is 1.44.